The lowest BCUT2D eigenvalue weighted by molar-refractivity contribution is -0.385. The second kappa shape index (κ2) is 8.48. The molecule has 10 heteroatoms. The number of aliphatic carboxylic acids is 1. The second-order valence-electron chi connectivity index (χ2n) is 5.89. The van der Waals surface area contributed by atoms with Crippen molar-refractivity contribution in [3.63, 3.8) is 0 Å². The van der Waals surface area contributed by atoms with Crippen molar-refractivity contribution < 1.29 is 33.8 Å². The normalized spacial score (nSPS) is 15.7. The van der Waals surface area contributed by atoms with Crippen LogP contribution in [0.5, 0.6) is 11.5 Å². The first-order valence-electron chi connectivity index (χ1n) is 7.91. The van der Waals surface area contributed by atoms with Crippen molar-refractivity contribution in [1.82, 2.24) is 5.32 Å². The zero-order valence-electron chi connectivity index (χ0n) is 14.2. The number of rotatable bonds is 8. The van der Waals surface area contributed by atoms with Crippen molar-refractivity contribution in [2.24, 2.45) is 0 Å². The first-order chi connectivity index (χ1) is 12.3. The number of nitrogens with one attached hydrogen (secondary N) is 1. The van der Waals surface area contributed by atoms with Gasteiger partial charge in [0.25, 0.3) is 5.91 Å². The summed E-state index contributed by atoms with van der Waals surface area (Å²) < 4.78 is 15.5. The van der Waals surface area contributed by atoms with E-state index < -0.39 is 22.3 Å². The summed E-state index contributed by atoms with van der Waals surface area (Å²) in [5.41, 5.74) is -1.08. The van der Waals surface area contributed by atoms with Gasteiger partial charge in [0.2, 0.25) is 5.75 Å². The summed E-state index contributed by atoms with van der Waals surface area (Å²) in [6.45, 7) is 0.380. The van der Waals surface area contributed by atoms with Crippen LogP contribution in [0.2, 0.25) is 0 Å². The van der Waals surface area contributed by atoms with E-state index in [9.17, 15) is 19.7 Å². The summed E-state index contributed by atoms with van der Waals surface area (Å²) in [5, 5.41) is 22.7. The maximum atomic E-state index is 12.2. The number of hydrogen-bond acceptors (Lipinski definition) is 7. The first-order valence-corrected chi connectivity index (χ1v) is 7.91. The highest BCUT2D eigenvalue weighted by Crippen LogP contribution is 2.31. The van der Waals surface area contributed by atoms with E-state index in [0.717, 1.165) is 0 Å². The molecule has 1 amide bonds. The molecule has 1 aliphatic heterocycles. The van der Waals surface area contributed by atoms with Gasteiger partial charge in [-0.1, -0.05) is 0 Å². The van der Waals surface area contributed by atoms with Crippen LogP contribution in [-0.2, 0) is 14.3 Å². The van der Waals surface area contributed by atoms with Gasteiger partial charge in [-0.25, -0.2) is 0 Å². The highest BCUT2D eigenvalue weighted by atomic mass is 16.6. The Kier molecular flexibility index (Phi) is 6.34. The molecule has 26 heavy (non-hydrogen) atoms. The zero-order chi connectivity index (χ0) is 19.2. The van der Waals surface area contributed by atoms with Gasteiger partial charge in [0.15, 0.2) is 6.61 Å². The molecule has 0 atom stereocenters. The summed E-state index contributed by atoms with van der Waals surface area (Å²) in [6, 6.07) is 3.89. The Morgan fingerprint density at radius 2 is 2.08 bits per heavy atom. The highest BCUT2D eigenvalue weighted by Gasteiger charge is 2.36. The predicted octanol–water partition coefficient (Wildman–Crippen LogP) is 1.12. The number of amides is 1. The van der Waals surface area contributed by atoms with E-state index >= 15 is 0 Å². The number of carbonyl (C=O) groups is 2. The number of nitro groups is 1. The van der Waals surface area contributed by atoms with E-state index in [-0.39, 0.29) is 30.2 Å². The minimum absolute atomic E-state index is 0.0136. The summed E-state index contributed by atoms with van der Waals surface area (Å²) in [4.78, 5) is 33.6. The van der Waals surface area contributed by atoms with E-state index in [1.54, 1.807) is 0 Å². The second-order valence-corrected chi connectivity index (χ2v) is 5.89. The van der Waals surface area contributed by atoms with E-state index in [2.05, 4.69) is 5.32 Å². The van der Waals surface area contributed by atoms with Crippen LogP contribution in [0, 0.1) is 10.1 Å². The summed E-state index contributed by atoms with van der Waals surface area (Å²) in [5.74, 6) is -1.25. The fourth-order valence-corrected chi connectivity index (χ4v) is 2.78. The number of methoxy groups -OCH3 is 1. The average Bonchev–Trinajstić information content (AvgIpc) is 2.59. The van der Waals surface area contributed by atoms with Gasteiger partial charge >= 0.3 is 11.7 Å². The standard InChI is InChI=1S/C16H20N2O8/c1-24-13-8-11(2-3-12(13)18(22)23)26-10-14(19)17-16(9-15(20)21)4-6-25-7-5-16/h2-3,8H,4-7,9-10H2,1H3,(H,17,19)(H,20,21). The molecule has 0 aliphatic carbocycles. The van der Waals surface area contributed by atoms with Crippen LogP contribution in [0.1, 0.15) is 19.3 Å². The largest absolute Gasteiger partial charge is 0.490 e. The van der Waals surface area contributed by atoms with Gasteiger partial charge in [-0.15, -0.1) is 0 Å². The van der Waals surface area contributed by atoms with Crippen LogP contribution in [-0.4, -0.2) is 54.4 Å². The molecule has 0 saturated carbocycles. The number of nitrogens with zero attached hydrogens (tertiary/aromatic N) is 1. The molecule has 0 radical (unpaired) electrons. The number of carboxylic acids is 1. The molecular weight excluding hydrogens is 348 g/mol. The summed E-state index contributed by atoms with van der Waals surface area (Å²) >= 11 is 0. The molecule has 0 spiro atoms. The molecule has 1 heterocycles. The van der Waals surface area contributed by atoms with Gasteiger partial charge in [-0.2, -0.15) is 0 Å². The van der Waals surface area contributed by atoms with Crippen LogP contribution >= 0.6 is 0 Å². The minimum Gasteiger partial charge on any atom is -0.490 e. The van der Waals surface area contributed by atoms with Crippen molar-refractivity contribution in [1.29, 1.82) is 0 Å². The van der Waals surface area contributed by atoms with Crippen molar-refractivity contribution in [3.05, 3.63) is 28.3 Å². The molecule has 0 aromatic heterocycles. The smallest absolute Gasteiger partial charge is 0.311 e. The SMILES string of the molecule is COc1cc(OCC(=O)NC2(CC(=O)O)CCOCC2)ccc1[N+](=O)[O-]. The lowest BCUT2D eigenvalue weighted by Crippen LogP contribution is -2.54. The van der Waals surface area contributed by atoms with Crippen LogP contribution in [0.25, 0.3) is 0 Å². The number of carbonyl (C=O) groups excluding carboxylic acids is 1. The molecular formula is C16H20N2O8. The number of hydrogen-bond donors (Lipinski definition) is 2. The Labute approximate surface area is 149 Å². The monoisotopic (exact) mass is 368 g/mol. The lowest BCUT2D eigenvalue weighted by atomic mass is 9.86. The molecule has 1 aromatic rings. The molecule has 0 unspecified atom stereocenters. The lowest BCUT2D eigenvalue weighted by Gasteiger charge is -2.36. The average molecular weight is 368 g/mol. The molecule has 1 saturated heterocycles. The Morgan fingerprint density at radius 3 is 2.65 bits per heavy atom. The van der Waals surface area contributed by atoms with Crippen LogP contribution in [0.15, 0.2) is 18.2 Å². The predicted molar refractivity (Wildman–Crippen MR) is 88.3 cm³/mol. The topological polar surface area (TPSA) is 137 Å². The van der Waals surface area contributed by atoms with Crippen LogP contribution in [0.4, 0.5) is 5.69 Å². The zero-order valence-corrected chi connectivity index (χ0v) is 14.2. The third-order valence-corrected chi connectivity index (χ3v) is 4.06. The Bertz CT molecular complexity index is 685. The number of carboxylic acid groups (broad SMARTS) is 1. The highest BCUT2D eigenvalue weighted by molar-refractivity contribution is 5.79. The molecule has 2 rings (SSSR count). The van der Waals surface area contributed by atoms with Gasteiger partial charge in [0, 0.05) is 25.3 Å². The van der Waals surface area contributed by atoms with Crippen molar-refractivity contribution >= 4 is 17.6 Å². The molecule has 1 fully saturated rings. The first kappa shape index (κ1) is 19.4. The van der Waals surface area contributed by atoms with Gasteiger partial charge < -0.3 is 24.6 Å². The van der Waals surface area contributed by atoms with Gasteiger partial charge in [0.1, 0.15) is 5.75 Å². The molecule has 2 N–H and O–H groups in total. The molecule has 142 valence electrons. The van der Waals surface area contributed by atoms with E-state index in [1.165, 1.54) is 25.3 Å². The van der Waals surface area contributed by atoms with Gasteiger partial charge in [0.05, 0.1) is 24.0 Å². The molecule has 1 aliphatic rings. The Hall–Kier alpha value is -2.88. The quantitative estimate of drug-likeness (QED) is 0.514. The minimum atomic E-state index is -1.01. The summed E-state index contributed by atoms with van der Waals surface area (Å²) in [6.07, 6.45) is 0.597. The maximum Gasteiger partial charge on any atom is 0.311 e. The van der Waals surface area contributed by atoms with E-state index in [4.69, 9.17) is 19.3 Å². The van der Waals surface area contributed by atoms with Gasteiger partial charge in [-0.3, -0.25) is 19.7 Å². The fourth-order valence-electron chi connectivity index (χ4n) is 2.78. The number of nitro benzene ring substituents is 1. The summed E-state index contributed by atoms with van der Waals surface area (Å²) in [7, 11) is 1.29. The molecule has 1 aromatic carbocycles. The Balaban J connectivity index is 1.99. The van der Waals surface area contributed by atoms with Gasteiger partial charge in [-0.05, 0) is 18.9 Å². The van der Waals surface area contributed by atoms with Crippen LogP contribution in [0.3, 0.4) is 0 Å². The molecule has 0 bridgehead atoms. The van der Waals surface area contributed by atoms with E-state index in [1.807, 2.05) is 0 Å². The van der Waals surface area contributed by atoms with E-state index in [0.29, 0.717) is 26.1 Å². The third-order valence-electron chi connectivity index (χ3n) is 4.06. The Morgan fingerprint density at radius 1 is 1.38 bits per heavy atom. The van der Waals surface area contributed by atoms with Crippen molar-refractivity contribution in [2.45, 2.75) is 24.8 Å². The fraction of sp³-hybridized carbons (Fsp3) is 0.500. The third kappa shape index (κ3) is 5.06. The van der Waals surface area contributed by atoms with Crippen molar-refractivity contribution in [3.8, 4) is 11.5 Å². The van der Waals surface area contributed by atoms with Crippen LogP contribution < -0.4 is 14.8 Å². The number of benzene rings is 1. The maximum absolute atomic E-state index is 12.2. The molecule has 10 nitrogen and oxygen atoms in total. The number of ether oxygens (including phenoxy) is 3. The van der Waals surface area contributed by atoms with Crippen molar-refractivity contribution in [2.75, 3.05) is 26.9 Å².